The van der Waals surface area contributed by atoms with Crippen molar-refractivity contribution in [1.82, 2.24) is 19.3 Å². The van der Waals surface area contributed by atoms with Crippen LogP contribution in [0.1, 0.15) is 21.7 Å². The lowest BCUT2D eigenvalue weighted by Gasteiger charge is -2.13. The molecule has 0 atom stereocenters. The molecule has 0 aliphatic rings. The molecule has 0 saturated heterocycles. The van der Waals surface area contributed by atoms with E-state index >= 15 is 0 Å². The standard InChI is InChI=1S/C21H18N6O3/c1-14-11-15(2)26(24-14)18-6-4-3-5-17(18)23-21(28)16-7-8-19(20(12-16)27(29)30)25-10-9-22-13-25/h3-13H,1-2H3,(H,23,28). The first-order valence-electron chi connectivity index (χ1n) is 9.15. The number of nitro groups is 1. The number of imidazole rings is 1. The summed E-state index contributed by atoms with van der Waals surface area (Å²) in [7, 11) is 0. The summed E-state index contributed by atoms with van der Waals surface area (Å²) in [5.74, 6) is -0.454. The van der Waals surface area contributed by atoms with Gasteiger partial charge in [0.05, 0.1) is 28.3 Å². The van der Waals surface area contributed by atoms with Crippen LogP contribution in [0.3, 0.4) is 0 Å². The smallest absolute Gasteiger partial charge is 0.294 e. The first-order chi connectivity index (χ1) is 14.4. The fraction of sp³-hybridized carbons (Fsp3) is 0.0952. The van der Waals surface area contributed by atoms with E-state index in [4.69, 9.17) is 0 Å². The number of amides is 1. The SMILES string of the molecule is Cc1cc(C)n(-c2ccccc2NC(=O)c2ccc(-n3ccnc3)c([N+](=O)[O-])c2)n1. The molecular formula is C21H18N6O3. The first kappa shape index (κ1) is 19.1. The van der Waals surface area contributed by atoms with Crippen LogP contribution in [0, 0.1) is 24.0 Å². The van der Waals surface area contributed by atoms with Crippen molar-refractivity contribution in [2.45, 2.75) is 13.8 Å². The summed E-state index contributed by atoms with van der Waals surface area (Å²) in [6, 6.07) is 13.5. The monoisotopic (exact) mass is 402 g/mol. The van der Waals surface area contributed by atoms with Crippen LogP contribution in [0.2, 0.25) is 0 Å². The summed E-state index contributed by atoms with van der Waals surface area (Å²) in [6.07, 6.45) is 4.60. The number of aryl methyl sites for hydroxylation is 2. The van der Waals surface area contributed by atoms with Crippen LogP contribution in [0.15, 0.2) is 67.3 Å². The van der Waals surface area contributed by atoms with Crippen molar-refractivity contribution < 1.29 is 9.72 Å². The number of hydrogen-bond acceptors (Lipinski definition) is 5. The van der Waals surface area contributed by atoms with Crippen molar-refractivity contribution in [3.05, 3.63) is 94.3 Å². The third-order valence-electron chi connectivity index (χ3n) is 4.61. The van der Waals surface area contributed by atoms with Crippen molar-refractivity contribution in [3.63, 3.8) is 0 Å². The third-order valence-corrected chi connectivity index (χ3v) is 4.61. The van der Waals surface area contributed by atoms with Crippen molar-refractivity contribution in [3.8, 4) is 11.4 Å². The summed E-state index contributed by atoms with van der Waals surface area (Å²) in [6.45, 7) is 3.82. The van der Waals surface area contributed by atoms with Gasteiger partial charge in [-0.25, -0.2) is 9.67 Å². The average molecular weight is 402 g/mol. The van der Waals surface area contributed by atoms with Crippen LogP contribution >= 0.6 is 0 Å². The molecule has 1 N–H and O–H groups in total. The Morgan fingerprint density at radius 2 is 1.90 bits per heavy atom. The second kappa shape index (κ2) is 7.63. The number of para-hydroxylation sites is 2. The molecule has 4 aromatic rings. The normalized spacial score (nSPS) is 10.7. The highest BCUT2D eigenvalue weighted by Gasteiger charge is 2.20. The van der Waals surface area contributed by atoms with Crippen molar-refractivity contribution in [1.29, 1.82) is 0 Å². The van der Waals surface area contributed by atoms with E-state index in [0.717, 1.165) is 11.4 Å². The fourth-order valence-electron chi connectivity index (χ4n) is 3.26. The molecule has 2 heterocycles. The fourth-order valence-corrected chi connectivity index (χ4v) is 3.26. The number of nitrogens with one attached hydrogen (secondary N) is 1. The van der Waals surface area contributed by atoms with E-state index in [-0.39, 0.29) is 11.3 Å². The quantitative estimate of drug-likeness (QED) is 0.403. The van der Waals surface area contributed by atoms with E-state index in [1.807, 2.05) is 32.0 Å². The number of hydrogen-bond donors (Lipinski definition) is 1. The Kier molecular flexibility index (Phi) is 4.85. The van der Waals surface area contributed by atoms with Gasteiger partial charge in [0.1, 0.15) is 5.69 Å². The molecule has 0 fully saturated rings. The number of rotatable bonds is 5. The Morgan fingerprint density at radius 1 is 1.10 bits per heavy atom. The van der Waals surface area contributed by atoms with Gasteiger partial charge in [-0.1, -0.05) is 12.1 Å². The Balaban J connectivity index is 1.68. The zero-order chi connectivity index (χ0) is 21.3. The maximum atomic E-state index is 12.9. The topological polar surface area (TPSA) is 108 Å². The molecular weight excluding hydrogens is 384 g/mol. The largest absolute Gasteiger partial charge is 0.320 e. The van der Waals surface area contributed by atoms with Gasteiger partial charge < -0.3 is 9.88 Å². The maximum absolute atomic E-state index is 12.9. The minimum absolute atomic E-state index is 0.175. The average Bonchev–Trinajstić information content (AvgIpc) is 3.37. The van der Waals surface area contributed by atoms with Gasteiger partial charge in [-0.05, 0) is 44.2 Å². The van der Waals surface area contributed by atoms with Crippen molar-refractivity contribution in [2.75, 3.05) is 5.32 Å². The zero-order valence-electron chi connectivity index (χ0n) is 16.3. The predicted octanol–water partition coefficient (Wildman–Crippen LogP) is 3.84. The van der Waals surface area contributed by atoms with Gasteiger partial charge in [0.15, 0.2) is 0 Å². The number of nitrogens with zero attached hydrogens (tertiary/aromatic N) is 5. The van der Waals surface area contributed by atoms with Crippen LogP contribution in [0.5, 0.6) is 0 Å². The maximum Gasteiger partial charge on any atom is 0.294 e. The second-order valence-corrected chi connectivity index (χ2v) is 6.74. The van der Waals surface area contributed by atoms with E-state index < -0.39 is 10.8 Å². The molecule has 0 spiro atoms. The van der Waals surface area contributed by atoms with E-state index in [1.165, 1.54) is 29.2 Å². The van der Waals surface area contributed by atoms with Gasteiger partial charge in [-0.15, -0.1) is 0 Å². The van der Waals surface area contributed by atoms with Crippen molar-refractivity contribution in [2.24, 2.45) is 0 Å². The first-order valence-corrected chi connectivity index (χ1v) is 9.15. The Hall–Kier alpha value is -4.27. The van der Waals surface area contributed by atoms with Gasteiger partial charge in [0.25, 0.3) is 11.6 Å². The zero-order valence-corrected chi connectivity index (χ0v) is 16.3. The third kappa shape index (κ3) is 3.55. The van der Waals surface area contributed by atoms with Crippen LogP contribution in [0.4, 0.5) is 11.4 Å². The molecule has 30 heavy (non-hydrogen) atoms. The second-order valence-electron chi connectivity index (χ2n) is 6.74. The molecule has 0 aliphatic carbocycles. The molecule has 0 radical (unpaired) electrons. The Morgan fingerprint density at radius 3 is 2.57 bits per heavy atom. The summed E-state index contributed by atoms with van der Waals surface area (Å²) in [4.78, 5) is 27.8. The van der Waals surface area contributed by atoms with E-state index in [0.29, 0.717) is 17.1 Å². The van der Waals surface area contributed by atoms with Crippen molar-refractivity contribution >= 4 is 17.3 Å². The van der Waals surface area contributed by atoms with Crippen LogP contribution in [0.25, 0.3) is 11.4 Å². The number of benzene rings is 2. The summed E-state index contributed by atoms with van der Waals surface area (Å²) in [5.41, 5.74) is 3.36. The summed E-state index contributed by atoms with van der Waals surface area (Å²) >= 11 is 0. The predicted molar refractivity (Wildman–Crippen MR) is 111 cm³/mol. The van der Waals surface area contributed by atoms with Crippen LogP contribution < -0.4 is 5.32 Å². The lowest BCUT2D eigenvalue weighted by atomic mass is 10.1. The molecule has 4 rings (SSSR count). The van der Waals surface area contributed by atoms with Crippen LogP contribution in [-0.2, 0) is 0 Å². The van der Waals surface area contributed by atoms with Gasteiger partial charge in [0, 0.05) is 29.7 Å². The highest BCUT2D eigenvalue weighted by Crippen LogP contribution is 2.26. The molecule has 0 unspecified atom stereocenters. The molecule has 2 aromatic heterocycles. The van der Waals surface area contributed by atoms with Gasteiger partial charge in [-0.2, -0.15) is 5.10 Å². The molecule has 1 amide bonds. The molecule has 2 aromatic carbocycles. The highest BCUT2D eigenvalue weighted by atomic mass is 16.6. The van der Waals surface area contributed by atoms with E-state index in [2.05, 4.69) is 15.4 Å². The highest BCUT2D eigenvalue weighted by molar-refractivity contribution is 6.05. The Bertz CT molecular complexity index is 1240. The Labute approximate surface area is 171 Å². The lowest BCUT2D eigenvalue weighted by Crippen LogP contribution is -2.15. The van der Waals surface area contributed by atoms with E-state index in [9.17, 15) is 14.9 Å². The molecule has 0 bridgehead atoms. The lowest BCUT2D eigenvalue weighted by molar-refractivity contribution is -0.384. The number of anilines is 1. The minimum atomic E-state index is -0.518. The van der Waals surface area contributed by atoms with E-state index in [1.54, 1.807) is 29.1 Å². The van der Waals surface area contributed by atoms with Gasteiger partial charge >= 0.3 is 0 Å². The van der Waals surface area contributed by atoms with Gasteiger partial charge in [0.2, 0.25) is 0 Å². The molecule has 0 aliphatic heterocycles. The summed E-state index contributed by atoms with van der Waals surface area (Å²) < 4.78 is 3.27. The number of nitro benzene ring substituents is 1. The van der Waals surface area contributed by atoms with Gasteiger partial charge in [-0.3, -0.25) is 14.9 Å². The number of aromatic nitrogens is 4. The number of carbonyl (C=O) groups is 1. The minimum Gasteiger partial charge on any atom is -0.320 e. The number of carbonyl (C=O) groups excluding carboxylic acids is 1. The molecule has 9 nitrogen and oxygen atoms in total. The molecule has 9 heteroatoms. The summed E-state index contributed by atoms with van der Waals surface area (Å²) in [5, 5.41) is 18.9. The molecule has 0 saturated carbocycles. The van der Waals surface area contributed by atoms with Crippen LogP contribution in [-0.4, -0.2) is 30.2 Å². The molecule has 150 valence electrons.